The molecule has 1 fully saturated rings. The average molecular weight is 369 g/mol. The highest BCUT2D eigenvalue weighted by Gasteiger charge is 2.38. The molecule has 25 heavy (non-hydrogen) atoms. The standard InChI is InChI=1S/C15H13F6NO3/c16-14(17,18)9-4-8(5-10(6-9)15(19,20)21)12(23)22-11(13(24)25)3-7-1-2-7/h4-7,11H,1-3H2,(H,22,23)(H,24,25)/t11-/m1/s1. The third kappa shape index (κ3) is 5.10. The van der Waals surface area contributed by atoms with Crippen LogP contribution in [0.2, 0.25) is 0 Å². The zero-order valence-electron chi connectivity index (χ0n) is 12.5. The number of carboxylic acid groups (broad SMARTS) is 1. The molecule has 1 aromatic carbocycles. The van der Waals surface area contributed by atoms with Gasteiger partial charge in [-0.05, 0) is 30.5 Å². The first kappa shape index (κ1) is 19.1. The van der Waals surface area contributed by atoms with Gasteiger partial charge in [-0.2, -0.15) is 26.3 Å². The third-order valence-electron chi connectivity index (χ3n) is 3.72. The number of amides is 1. The molecule has 2 rings (SSSR count). The molecule has 0 saturated heterocycles. The van der Waals surface area contributed by atoms with E-state index >= 15 is 0 Å². The summed E-state index contributed by atoms with van der Waals surface area (Å²) in [6.45, 7) is 0. The summed E-state index contributed by atoms with van der Waals surface area (Å²) in [6.07, 6.45) is -8.57. The summed E-state index contributed by atoms with van der Waals surface area (Å²) in [4.78, 5) is 23.1. The lowest BCUT2D eigenvalue weighted by atomic mass is 10.0. The molecule has 2 N–H and O–H groups in total. The molecule has 0 heterocycles. The normalized spacial score (nSPS) is 16.4. The van der Waals surface area contributed by atoms with Crippen molar-refractivity contribution in [3.8, 4) is 0 Å². The lowest BCUT2D eigenvalue weighted by Gasteiger charge is -2.17. The quantitative estimate of drug-likeness (QED) is 0.778. The van der Waals surface area contributed by atoms with Gasteiger partial charge in [-0.3, -0.25) is 4.79 Å². The predicted octanol–water partition coefficient (Wildman–Crippen LogP) is 3.71. The molecule has 138 valence electrons. The molecule has 0 bridgehead atoms. The van der Waals surface area contributed by atoms with Gasteiger partial charge >= 0.3 is 18.3 Å². The van der Waals surface area contributed by atoms with Crippen LogP contribution >= 0.6 is 0 Å². The molecule has 0 aromatic heterocycles. The summed E-state index contributed by atoms with van der Waals surface area (Å²) in [5.74, 6) is -2.62. The van der Waals surface area contributed by atoms with Gasteiger partial charge in [0.2, 0.25) is 0 Å². The molecule has 0 aliphatic heterocycles. The maximum Gasteiger partial charge on any atom is 0.416 e. The second-order valence-electron chi connectivity index (χ2n) is 5.84. The predicted molar refractivity (Wildman–Crippen MR) is 72.7 cm³/mol. The van der Waals surface area contributed by atoms with Crippen LogP contribution in [0.25, 0.3) is 0 Å². The zero-order chi connectivity index (χ0) is 19.0. The molecule has 4 nitrogen and oxygen atoms in total. The number of alkyl halides is 6. The van der Waals surface area contributed by atoms with Gasteiger partial charge in [-0.1, -0.05) is 12.8 Å². The molecule has 0 spiro atoms. The Hall–Kier alpha value is -2.26. The minimum atomic E-state index is -5.09. The number of carbonyl (C=O) groups excluding carboxylic acids is 1. The number of aliphatic carboxylic acids is 1. The molecule has 0 unspecified atom stereocenters. The largest absolute Gasteiger partial charge is 0.480 e. The van der Waals surface area contributed by atoms with Gasteiger partial charge in [-0.15, -0.1) is 0 Å². The Morgan fingerprint density at radius 1 is 1.04 bits per heavy atom. The third-order valence-corrected chi connectivity index (χ3v) is 3.72. The Kier molecular flexibility index (Phi) is 5.01. The van der Waals surface area contributed by atoms with Gasteiger partial charge in [0, 0.05) is 5.56 Å². The first-order valence-corrected chi connectivity index (χ1v) is 7.21. The van der Waals surface area contributed by atoms with Crippen molar-refractivity contribution in [2.45, 2.75) is 37.7 Å². The summed E-state index contributed by atoms with van der Waals surface area (Å²) in [6, 6.07) is -0.944. The Labute approximate surface area is 137 Å². The number of benzene rings is 1. The van der Waals surface area contributed by atoms with E-state index in [9.17, 15) is 35.9 Å². The van der Waals surface area contributed by atoms with Crippen LogP contribution in [0.1, 0.15) is 40.7 Å². The number of hydrogen-bond acceptors (Lipinski definition) is 2. The SMILES string of the molecule is O=C(N[C@H](CC1CC1)C(=O)O)c1cc(C(F)(F)F)cc(C(F)(F)F)c1. The van der Waals surface area contributed by atoms with Gasteiger partial charge in [0.1, 0.15) is 6.04 Å². The molecule has 1 atom stereocenters. The minimum absolute atomic E-state index is 0.0756. The smallest absolute Gasteiger partial charge is 0.416 e. The second-order valence-corrected chi connectivity index (χ2v) is 5.84. The van der Waals surface area contributed by atoms with Crippen molar-refractivity contribution in [3.05, 3.63) is 34.9 Å². The highest BCUT2D eigenvalue weighted by Crippen LogP contribution is 2.36. The van der Waals surface area contributed by atoms with Crippen molar-refractivity contribution in [2.24, 2.45) is 5.92 Å². The Balaban J connectivity index is 2.32. The molecular weight excluding hydrogens is 356 g/mol. The number of rotatable bonds is 5. The van der Waals surface area contributed by atoms with E-state index in [2.05, 4.69) is 0 Å². The van der Waals surface area contributed by atoms with Gasteiger partial charge < -0.3 is 10.4 Å². The van der Waals surface area contributed by atoms with Crippen LogP contribution < -0.4 is 5.32 Å². The number of carboxylic acids is 1. The number of carbonyl (C=O) groups is 2. The highest BCUT2D eigenvalue weighted by atomic mass is 19.4. The molecule has 1 aliphatic rings. The van der Waals surface area contributed by atoms with E-state index in [-0.39, 0.29) is 30.5 Å². The summed E-state index contributed by atoms with van der Waals surface area (Å²) < 4.78 is 76.7. The van der Waals surface area contributed by atoms with Gasteiger partial charge in [0.25, 0.3) is 5.91 Å². The van der Waals surface area contributed by atoms with Crippen LogP contribution in [0.15, 0.2) is 18.2 Å². The summed E-state index contributed by atoms with van der Waals surface area (Å²) >= 11 is 0. The average Bonchev–Trinajstić information content (AvgIpc) is 3.28. The van der Waals surface area contributed by atoms with Crippen LogP contribution in [0.3, 0.4) is 0 Å². The maximum atomic E-state index is 12.8. The van der Waals surface area contributed by atoms with E-state index in [1.165, 1.54) is 0 Å². The maximum absolute atomic E-state index is 12.8. The van der Waals surface area contributed by atoms with Gasteiger partial charge in [-0.25, -0.2) is 4.79 Å². The molecule has 1 amide bonds. The van der Waals surface area contributed by atoms with Crippen LogP contribution in [0.5, 0.6) is 0 Å². The van der Waals surface area contributed by atoms with E-state index in [0.29, 0.717) is 0 Å². The van der Waals surface area contributed by atoms with E-state index in [4.69, 9.17) is 5.11 Å². The molecule has 1 saturated carbocycles. The molecular formula is C15H13F6NO3. The lowest BCUT2D eigenvalue weighted by Crippen LogP contribution is -2.41. The first-order chi connectivity index (χ1) is 11.4. The molecule has 10 heteroatoms. The fraction of sp³-hybridized carbons (Fsp3) is 0.467. The number of halogens is 6. The van der Waals surface area contributed by atoms with E-state index in [0.717, 1.165) is 12.8 Å². The number of hydrogen-bond donors (Lipinski definition) is 2. The minimum Gasteiger partial charge on any atom is -0.480 e. The van der Waals surface area contributed by atoms with E-state index in [1.54, 1.807) is 0 Å². The van der Waals surface area contributed by atoms with Crippen molar-refractivity contribution in [1.82, 2.24) is 5.32 Å². The van der Waals surface area contributed by atoms with Crippen molar-refractivity contribution < 1.29 is 41.0 Å². The monoisotopic (exact) mass is 369 g/mol. The van der Waals surface area contributed by atoms with Gasteiger partial charge in [0.05, 0.1) is 11.1 Å². The van der Waals surface area contributed by atoms with Crippen molar-refractivity contribution >= 4 is 11.9 Å². The van der Waals surface area contributed by atoms with Crippen LogP contribution in [0.4, 0.5) is 26.3 Å². The summed E-state index contributed by atoms with van der Waals surface area (Å²) in [7, 11) is 0. The lowest BCUT2D eigenvalue weighted by molar-refractivity contribution is -0.143. The fourth-order valence-electron chi connectivity index (χ4n) is 2.24. The first-order valence-electron chi connectivity index (χ1n) is 7.21. The Morgan fingerprint density at radius 2 is 1.52 bits per heavy atom. The van der Waals surface area contributed by atoms with Crippen LogP contribution in [0, 0.1) is 5.92 Å². The van der Waals surface area contributed by atoms with E-state index in [1.807, 2.05) is 5.32 Å². The van der Waals surface area contributed by atoms with Crippen molar-refractivity contribution in [3.63, 3.8) is 0 Å². The molecule has 0 radical (unpaired) electrons. The van der Waals surface area contributed by atoms with Crippen molar-refractivity contribution in [1.29, 1.82) is 0 Å². The summed E-state index contributed by atoms with van der Waals surface area (Å²) in [5.41, 5.74) is -4.17. The highest BCUT2D eigenvalue weighted by molar-refractivity contribution is 5.97. The molecule has 1 aromatic rings. The second kappa shape index (κ2) is 6.57. The fourth-order valence-corrected chi connectivity index (χ4v) is 2.24. The Morgan fingerprint density at radius 3 is 1.88 bits per heavy atom. The van der Waals surface area contributed by atoms with E-state index < -0.39 is 47.0 Å². The van der Waals surface area contributed by atoms with Crippen LogP contribution in [-0.4, -0.2) is 23.0 Å². The molecule has 1 aliphatic carbocycles. The Bertz CT molecular complexity index is 647. The number of nitrogens with one attached hydrogen (secondary N) is 1. The zero-order valence-corrected chi connectivity index (χ0v) is 12.5. The van der Waals surface area contributed by atoms with Crippen LogP contribution in [-0.2, 0) is 17.1 Å². The summed E-state index contributed by atoms with van der Waals surface area (Å²) in [5, 5.41) is 11.0. The van der Waals surface area contributed by atoms with Crippen molar-refractivity contribution in [2.75, 3.05) is 0 Å². The topological polar surface area (TPSA) is 66.4 Å². The van der Waals surface area contributed by atoms with Gasteiger partial charge in [0.15, 0.2) is 0 Å².